The number of amides is 1. The molecule has 5 nitrogen and oxygen atoms in total. The number of hydrogen-bond acceptors (Lipinski definition) is 5. The zero-order valence-electron chi connectivity index (χ0n) is 11.3. The average Bonchev–Trinajstić information content (AvgIpc) is 2.52. The maximum absolute atomic E-state index is 14.2. The fourth-order valence-electron chi connectivity index (χ4n) is 1.90. The SMILES string of the molecule is CC(=O)Nc1c(F)c(F)c2c(F)c(SOOO)c(F)c(F)c2c1F. The minimum atomic E-state index is -2.07. The lowest BCUT2D eigenvalue weighted by atomic mass is 10.1. The molecule has 2 rings (SSSR count). The van der Waals surface area contributed by atoms with Crippen LogP contribution in [0.25, 0.3) is 10.8 Å². The Kier molecular flexibility index (Phi) is 5.22. The minimum absolute atomic E-state index is 0.406. The lowest BCUT2D eigenvalue weighted by Gasteiger charge is -2.13. The molecule has 2 aromatic carbocycles. The lowest BCUT2D eigenvalue weighted by Crippen LogP contribution is -2.13. The van der Waals surface area contributed by atoms with Gasteiger partial charge < -0.3 is 5.32 Å². The monoisotopic (exact) mass is 373 g/mol. The molecule has 0 atom stereocenters. The van der Waals surface area contributed by atoms with Crippen molar-refractivity contribution in [2.45, 2.75) is 11.8 Å². The van der Waals surface area contributed by atoms with Crippen LogP contribution in [0.4, 0.5) is 32.0 Å². The summed E-state index contributed by atoms with van der Waals surface area (Å²) in [5, 5.41) is 9.46. The molecule has 1 amide bonds. The molecule has 0 heterocycles. The molecule has 0 saturated heterocycles. The molecule has 0 bridgehead atoms. The maximum atomic E-state index is 14.2. The third kappa shape index (κ3) is 2.88. The van der Waals surface area contributed by atoms with Crippen LogP contribution in [0.15, 0.2) is 4.90 Å². The molecule has 0 unspecified atom stereocenters. The number of carbonyl (C=O) groups excluding carboxylic acids is 1. The Balaban J connectivity index is 2.92. The number of anilines is 1. The molecule has 2 aromatic rings. The van der Waals surface area contributed by atoms with Crippen LogP contribution >= 0.6 is 12.0 Å². The first kappa shape index (κ1) is 18.3. The van der Waals surface area contributed by atoms with E-state index in [1.54, 1.807) is 5.32 Å². The van der Waals surface area contributed by atoms with Gasteiger partial charge in [-0.15, -0.1) is 4.33 Å². The molecule has 0 saturated carbocycles. The highest BCUT2D eigenvalue weighted by atomic mass is 32.2. The van der Waals surface area contributed by atoms with E-state index in [1.165, 1.54) is 0 Å². The molecule has 0 spiro atoms. The normalized spacial score (nSPS) is 11.2. The summed E-state index contributed by atoms with van der Waals surface area (Å²) in [7, 11) is 0. The molecule has 0 fully saturated rings. The summed E-state index contributed by atoms with van der Waals surface area (Å²) < 4.78 is 87.7. The number of benzene rings is 2. The van der Waals surface area contributed by atoms with Gasteiger partial charge in [-0.25, -0.2) is 31.6 Å². The van der Waals surface area contributed by atoms with Gasteiger partial charge in [-0.1, -0.05) is 5.04 Å². The van der Waals surface area contributed by atoms with E-state index in [1.807, 2.05) is 0 Å². The molecule has 0 aliphatic carbocycles. The summed E-state index contributed by atoms with van der Waals surface area (Å²) in [6.45, 7) is 0.824. The van der Waals surface area contributed by atoms with Crippen molar-refractivity contribution in [2.75, 3.05) is 5.32 Å². The predicted octanol–water partition coefficient (Wildman–Crippen LogP) is 4.06. The van der Waals surface area contributed by atoms with Crippen LogP contribution in [0.1, 0.15) is 6.92 Å². The van der Waals surface area contributed by atoms with Crippen molar-refractivity contribution in [3.63, 3.8) is 0 Å². The van der Waals surface area contributed by atoms with Crippen LogP contribution in [-0.4, -0.2) is 11.2 Å². The van der Waals surface area contributed by atoms with Crippen LogP contribution in [0, 0.1) is 34.9 Å². The number of halogens is 6. The molecule has 130 valence electrons. The van der Waals surface area contributed by atoms with E-state index in [2.05, 4.69) is 9.37 Å². The number of fused-ring (bicyclic) bond motifs is 1. The van der Waals surface area contributed by atoms with Gasteiger partial charge in [0.15, 0.2) is 34.9 Å². The second-order valence-corrected chi connectivity index (χ2v) is 4.96. The van der Waals surface area contributed by atoms with Crippen molar-refractivity contribution in [3.8, 4) is 0 Å². The van der Waals surface area contributed by atoms with Gasteiger partial charge in [-0.2, -0.15) is 0 Å². The Labute approximate surface area is 133 Å². The van der Waals surface area contributed by atoms with Crippen LogP contribution in [0.3, 0.4) is 0 Å². The van der Waals surface area contributed by atoms with E-state index in [0.29, 0.717) is 0 Å². The van der Waals surface area contributed by atoms with Gasteiger partial charge >= 0.3 is 0 Å². The first-order chi connectivity index (χ1) is 11.2. The Morgan fingerprint density at radius 1 is 0.917 bits per heavy atom. The lowest BCUT2D eigenvalue weighted by molar-refractivity contribution is -0.432. The van der Waals surface area contributed by atoms with Crippen molar-refractivity contribution < 1.29 is 45.8 Å². The fraction of sp³-hybridized carbons (Fsp3) is 0.0833. The molecule has 12 heteroatoms. The topological polar surface area (TPSA) is 67.8 Å². The highest BCUT2D eigenvalue weighted by molar-refractivity contribution is 7.94. The maximum Gasteiger partial charge on any atom is 0.221 e. The minimum Gasteiger partial charge on any atom is -0.321 e. The predicted molar refractivity (Wildman–Crippen MR) is 68.7 cm³/mol. The second-order valence-electron chi connectivity index (χ2n) is 4.25. The van der Waals surface area contributed by atoms with Crippen LogP contribution in [0.2, 0.25) is 0 Å². The van der Waals surface area contributed by atoms with Gasteiger partial charge in [-0.3, -0.25) is 4.79 Å². The van der Waals surface area contributed by atoms with Crippen LogP contribution < -0.4 is 5.32 Å². The Hall–Kier alpha value is -2.02. The van der Waals surface area contributed by atoms with E-state index in [9.17, 15) is 31.1 Å². The second kappa shape index (κ2) is 6.84. The molecule has 0 aliphatic rings. The summed E-state index contributed by atoms with van der Waals surface area (Å²) in [5.74, 6) is -13.0. The van der Waals surface area contributed by atoms with Crippen molar-refractivity contribution in [1.82, 2.24) is 0 Å². The van der Waals surface area contributed by atoms with Gasteiger partial charge in [0, 0.05) is 6.92 Å². The van der Waals surface area contributed by atoms with E-state index in [4.69, 9.17) is 5.26 Å². The summed E-state index contributed by atoms with van der Waals surface area (Å²) in [4.78, 5) is 9.53. The van der Waals surface area contributed by atoms with Crippen molar-refractivity contribution in [2.24, 2.45) is 0 Å². The van der Waals surface area contributed by atoms with E-state index in [-0.39, 0.29) is 0 Å². The third-order valence-corrected chi connectivity index (χ3v) is 3.45. The number of rotatable bonds is 4. The first-order valence-electron chi connectivity index (χ1n) is 5.81. The van der Waals surface area contributed by atoms with E-state index >= 15 is 0 Å². The quantitative estimate of drug-likeness (QED) is 0.278. The Morgan fingerprint density at radius 2 is 1.46 bits per heavy atom. The summed E-state index contributed by atoms with van der Waals surface area (Å²) in [6.07, 6.45) is 0. The standard InChI is InChI=1S/C12H5F6NO4S/c1-2(20)19-11-7(15)3-4(5(13)9(11)17)8(16)12(24-23-22-21)10(18)6(3)14/h21H,1H3,(H,19,20). The third-order valence-electron chi connectivity index (χ3n) is 2.80. The first-order valence-corrected chi connectivity index (χ1v) is 6.55. The smallest absolute Gasteiger partial charge is 0.221 e. The molecule has 0 aliphatic heterocycles. The van der Waals surface area contributed by atoms with Gasteiger partial charge in [0.25, 0.3) is 0 Å². The molecule has 2 N–H and O–H groups in total. The molecule has 24 heavy (non-hydrogen) atoms. The Bertz CT molecular complexity index is 847. The highest BCUT2D eigenvalue weighted by Gasteiger charge is 2.31. The van der Waals surface area contributed by atoms with Crippen molar-refractivity contribution in [3.05, 3.63) is 34.9 Å². The largest absolute Gasteiger partial charge is 0.321 e. The Morgan fingerprint density at radius 3 is 2.00 bits per heavy atom. The fourth-order valence-corrected chi connectivity index (χ4v) is 2.34. The average molecular weight is 373 g/mol. The highest BCUT2D eigenvalue weighted by Crippen LogP contribution is 2.40. The van der Waals surface area contributed by atoms with Gasteiger partial charge in [0.1, 0.15) is 10.6 Å². The van der Waals surface area contributed by atoms with Gasteiger partial charge in [0.05, 0.1) is 22.8 Å². The van der Waals surface area contributed by atoms with Gasteiger partial charge in [-0.05, 0) is 0 Å². The summed E-state index contributed by atoms with van der Waals surface area (Å²) in [5.41, 5.74) is -1.40. The number of hydrogen-bond donors (Lipinski definition) is 2. The summed E-state index contributed by atoms with van der Waals surface area (Å²) >= 11 is -0.406. The number of carbonyl (C=O) groups is 1. The van der Waals surface area contributed by atoms with Gasteiger partial charge in [0.2, 0.25) is 5.91 Å². The summed E-state index contributed by atoms with van der Waals surface area (Å²) in [6, 6.07) is 0. The molecule has 0 aromatic heterocycles. The van der Waals surface area contributed by atoms with Crippen molar-refractivity contribution >= 4 is 34.4 Å². The van der Waals surface area contributed by atoms with Crippen LogP contribution in [-0.2, 0) is 14.2 Å². The van der Waals surface area contributed by atoms with E-state index in [0.717, 1.165) is 6.92 Å². The zero-order chi connectivity index (χ0) is 18.2. The zero-order valence-corrected chi connectivity index (χ0v) is 12.2. The van der Waals surface area contributed by atoms with E-state index < -0.39 is 74.2 Å². The van der Waals surface area contributed by atoms with Crippen molar-refractivity contribution in [1.29, 1.82) is 0 Å². The number of nitrogens with one attached hydrogen (secondary N) is 1. The molecular formula is C12H5F6NO4S. The molecule has 0 radical (unpaired) electrons. The van der Waals surface area contributed by atoms with Crippen LogP contribution in [0.5, 0.6) is 0 Å². The molecular weight excluding hydrogens is 368 g/mol.